The van der Waals surface area contributed by atoms with Crippen LogP contribution >= 0.6 is 23.1 Å². The van der Waals surface area contributed by atoms with Crippen LogP contribution in [0.15, 0.2) is 29.6 Å². The van der Waals surface area contributed by atoms with Gasteiger partial charge in [0.15, 0.2) is 11.5 Å². The van der Waals surface area contributed by atoms with E-state index in [9.17, 15) is 26.3 Å². The van der Waals surface area contributed by atoms with Gasteiger partial charge in [0, 0.05) is 17.3 Å². The Hall–Kier alpha value is -2.28. The minimum absolute atomic E-state index is 0.0313. The average Bonchev–Trinajstić information content (AvgIpc) is 3.19. The molecule has 0 saturated carbocycles. The van der Waals surface area contributed by atoms with E-state index >= 15 is 0 Å². The van der Waals surface area contributed by atoms with Crippen molar-refractivity contribution in [2.45, 2.75) is 24.3 Å². The van der Waals surface area contributed by atoms with Gasteiger partial charge in [-0.1, -0.05) is 6.92 Å². The molecule has 0 atom stereocenters. The smallest absolute Gasteiger partial charge is 0.383 e. The van der Waals surface area contributed by atoms with E-state index in [1.54, 1.807) is 0 Å². The highest BCUT2D eigenvalue weighted by Crippen LogP contribution is 2.45. The third-order valence-corrected chi connectivity index (χ3v) is 5.45. The zero-order chi connectivity index (χ0) is 20.7. The molecule has 0 aromatic carbocycles. The highest BCUT2D eigenvalue weighted by molar-refractivity contribution is 7.99. The zero-order valence-corrected chi connectivity index (χ0v) is 15.6. The van der Waals surface area contributed by atoms with Gasteiger partial charge in [0.2, 0.25) is 0 Å². The molecule has 0 fully saturated rings. The van der Waals surface area contributed by atoms with E-state index in [-0.39, 0.29) is 22.0 Å². The summed E-state index contributed by atoms with van der Waals surface area (Å²) in [7, 11) is 0. The molecular formula is C15H11F6N5S2. The van der Waals surface area contributed by atoms with Crippen LogP contribution in [0.5, 0.6) is 0 Å². The molecule has 0 saturated heterocycles. The molecule has 150 valence electrons. The second kappa shape index (κ2) is 7.28. The molecule has 3 heterocycles. The van der Waals surface area contributed by atoms with Gasteiger partial charge in [-0.25, -0.2) is 9.97 Å². The van der Waals surface area contributed by atoms with Crippen LogP contribution in [0, 0.1) is 0 Å². The number of alkyl halides is 6. The molecule has 13 heteroatoms. The summed E-state index contributed by atoms with van der Waals surface area (Å²) >= 11 is 1.37. The van der Waals surface area contributed by atoms with Crippen LogP contribution in [0.2, 0.25) is 0 Å². The van der Waals surface area contributed by atoms with E-state index in [4.69, 9.17) is 5.73 Å². The SMILES string of the molecule is CCSc1nccnc1-n1nc(C(F)(F)F)c(-c2ccc(C(F)(F)F)s2)c1N. The Morgan fingerprint density at radius 1 is 1.07 bits per heavy atom. The summed E-state index contributed by atoms with van der Waals surface area (Å²) < 4.78 is 80.0. The molecule has 28 heavy (non-hydrogen) atoms. The van der Waals surface area contributed by atoms with Crippen molar-refractivity contribution in [3.8, 4) is 16.3 Å². The first-order chi connectivity index (χ1) is 13.0. The number of nitrogen functional groups attached to an aromatic ring is 1. The molecule has 0 unspecified atom stereocenters. The Morgan fingerprint density at radius 2 is 1.75 bits per heavy atom. The van der Waals surface area contributed by atoms with E-state index in [1.165, 1.54) is 24.2 Å². The lowest BCUT2D eigenvalue weighted by Gasteiger charge is -2.07. The van der Waals surface area contributed by atoms with Crippen molar-refractivity contribution >= 4 is 28.9 Å². The van der Waals surface area contributed by atoms with Gasteiger partial charge in [-0.3, -0.25) is 0 Å². The summed E-state index contributed by atoms with van der Waals surface area (Å²) in [5, 5.41) is 3.81. The number of thiophene rings is 1. The van der Waals surface area contributed by atoms with Crippen LogP contribution in [0.3, 0.4) is 0 Å². The Kier molecular flexibility index (Phi) is 5.32. The Labute approximate surface area is 162 Å². The average molecular weight is 439 g/mol. The Morgan fingerprint density at radius 3 is 2.32 bits per heavy atom. The second-order valence-corrected chi connectivity index (χ2v) is 7.63. The molecule has 0 amide bonds. The van der Waals surface area contributed by atoms with Crippen LogP contribution in [0.25, 0.3) is 16.3 Å². The predicted molar refractivity (Wildman–Crippen MR) is 93.3 cm³/mol. The third kappa shape index (κ3) is 3.81. The van der Waals surface area contributed by atoms with E-state index in [0.717, 1.165) is 10.7 Å². The molecule has 3 aromatic heterocycles. The number of nitrogens with two attached hydrogens (primary N) is 1. The van der Waals surface area contributed by atoms with Crippen LogP contribution in [0.4, 0.5) is 32.2 Å². The monoisotopic (exact) mass is 439 g/mol. The molecule has 0 bridgehead atoms. The standard InChI is InChI=1S/C15H11F6N5S2/c1-2-27-13-12(23-5-6-24-13)26-11(22)9(10(25-26)15(19,20)21)7-3-4-8(28-7)14(16,17)18/h3-6H,2,22H2,1H3. The van der Waals surface area contributed by atoms with Crippen molar-refractivity contribution in [1.29, 1.82) is 0 Å². The van der Waals surface area contributed by atoms with Crippen molar-refractivity contribution in [2.24, 2.45) is 0 Å². The van der Waals surface area contributed by atoms with Gasteiger partial charge in [0.1, 0.15) is 15.7 Å². The van der Waals surface area contributed by atoms with Crippen LogP contribution in [-0.4, -0.2) is 25.5 Å². The minimum Gasteiger partial charge on any atom is -0.383 e. The fraction of sp³-hybridized carbons (Fsp3) is 0.267. The van der Waals surface area contributed by atoms with Crippen molar-refractivity contribution < 1.29 is 26.3 Å². The minimum atomic E-state index is -4.93. The number of nitrogens with zero attached hydrogens (tertiary/aromatic N) is 4. The third-order valence-electron chi connectivity index (χ3n) is 3.45. The molecule has 0 spiro atoms. The molecule has 3 aromatic rings. The van der Waals surface area contributed by atoms with E-state index in [0.29, 0.717) is 16.8 Å². The molecule has 0 aliphatic heterocycles. The van der Waals surface area contributed by atoms with E-state index in [1.807, 2.05) is 6.92 Å². The number of rotatable bonds is 4. The number of halogens is 6. The first-order valence-corrected chi connectivity index (χ1v) is 9.41. The lowest BCUT2D eigenvalue weighted by atomic mass is 10.2. The summed E-state index contributed by atoms with van der Waals surface area (Å²) in [6.07, 6.45) is -6.99. The maximum atomic E-state index is 13.5. The second-order valence-electron chi connectivity index (χ2n) is 5.30. The predicted octanol–water partition coefficient (Wildman–Crippen LogP) is 5.12. The number of hydrogen-bond acceptors (Lipinski definition) is 6. The quantitative estimate of drug-likeness (QED) is 0.451. The lowest BCUT2D eigenvalue weighted by molar-refractivity contribution is -0.140. The zero-order valence-electron chi connectivity index (χ0n) is 14.0. The van der Waals surface area contributed by atoms with Gasteiger partial charge < -0.3 is 5.73 Å². The van der Waals surface area contributed by atoms with Crippen molar-refractivity contribution in [1.82, 2.24) is 19.7 Å². The number of anilines is 1. The van der Waals surface area contributed by atoms with Gasteiger partial charge in [0.05, 0.1) is 5.56 Å². The molecule has 0 aliphatic rings. The van der Waals surface area contributed by atoms with Crippen LogP contribution in [-0.2, 0) is 12.4 Å². The summed E-state index contributed by atoms with van der Waals surface area (Å²) in [5.74, 6) is 0.0590. The maximum absolute atomic E-state index is 13.5. The van der Waals surface area contributed by atoms with Crippen LogP contribution in [0.1, 0.15) is 17.5 Å². The Balaban J connectivity index is 2.23. The van der Waals surface area contributed by atoms with Crippen molar-refractivity contribution in [2.75, 3.05) is 11.5 Å². The van der Waals surface area contributed by atoms with Crippen molar-refractivity contribution in [3.05, 3.63) is 35.1 Å². The van der Waals surface area contributed by atoms with Gasteiger partial charge in [-0.15, -0.1) is 23.1 Å². The van der Waals surface area contributed by atoms with Gasteiger partial charge >= 0.3 is 12.4 Å². The molecular weight excluding hydrogens is 428 g/mol. The van der Waals surface area contributed by atoms with E-state index in [2.05, 4.69) is 15.1 Å². The molecule has 2 N–H and O–H groups in total. The van der Waals surface area contributed by atoms with Gasteiger partial charge in [0.25, 0.3) is 0 Å². The van der Waals surface area contributed by atoms with Gasteiger partial charge in [-0.2, -0.15) is 36.1 Å². The van der Waals surface area contributed by atoms with Gasteiger partial charge in [-0.05, 0) is 17.9 Å². The normalized spacial score (nSPS) is 12.5. The molecule has 3 rings (SSSR count). The number of aromatic nitrogens is 4. The van der Waals surface area contributed by atoms with E-state index < -0.39 is 34.3 Å². The van der Waals surface area contributed by atoms with Crippen molar-refractivity contribution in [3.63, 3.8) is 0 Å². The largest absolute Gasteiger partial charge is 0.435 e. The Bertz CT molecular complexity index is 992. The lowest BCUT2D eigenvalue weighted by Crippen LogP contribution is -2.10. The summed E-state index contributed by atoms with van der Waals surface area (Å²) in [5.41, 5.74) is 3.89. The first-order valence-electron chi connectivity index (χ1n) is 7.61. The fourth-order valence-electron chi connectivity index (χ4n) is 2.36. The summed E-state index contributed by atoms with van der Waals surface area (Å²) in [4.78, 5) is 6.72. The molecule has 0 radical (unpaired) electrons. The maximum Gasteiger partial charge on any atom is 0.435 e. The number of hydrogen-bond donors (Lipinski definition) is 1. The molecule has 0 aliphatic carbocycles. The summed E-state index contributed by atoms with van der Waals surface area (Å²) in [6, 6.07) is 1.65. The highest BCUT2D eigenvalue weighted by atomic mass is 32.2. The fourth-order valence-corrected chi connectivity index (χ4v) is 3.97. The highest BCUT2D eigenvalue weighted by Gasteiger charge is 2.41. The van der Waals surface area contributed by atoms with Crippen LogP contribution < -0.4 is 5.73 Å². The summed E-state index contributed by atoms with van der Waals surface area (Å²) in [6.45, 7) is 1.81. The topological polar surface area (TPSA) is 69.6 Å². The first kappa shape index (κ1) is 20.5. The molecule has 5 nitrogen and oxygen atoms in total. The number of thioether (sulfide) groups is 1.